The number of rotatable bonds is 10. The van der Waals surface area contributed by atoms with Crippen LogP contribution in [0.5, 0.6) is 0 Å². The molecule has 1 aliphatic rings. The van der Waals surface area contributed by atoms with Crippen LogP contribution in [-0.2, 0) is 16.1 Å². The number of hydrogen-bond acceptors (Lipinski definition) is 6. The summed E-state index contributed by atoms with van der Waals surface area (Å²) in [4.78, 5) is 39.6. The minimum absolute atomic E-state index is 0.0131. The Balaban J connectivity index is 1.25. The van der Waals surface area contributed by atoms with Crippen molar-refractivity contribution in [2.45, 2.75) is 44.7 Å². The van der Waals surface area contributed by atoms with Gasteiger partial charge in [0.1, 0.15) is 17.3 Å². The highest BCUT2D eigenvalue weighted by Crippen LogP contribution is 2.44. The molecule has 8 nitrogen and oxygen atoms in total. The second-order valence-corrected chi connectivity index (χ2v) is 9.41. The van der Waals surface area contributed by atoms with E-state index in [1.54, 1.807) is 5.38 Å². The summed E-state index contributed by atoms with van der Waals surface area (Å²) in [5, 5.41) is 16.4. The maximum absolute atomic E-state index is 12.4. The Kier molecular flexibility index (Phi) is 7.77. The molecule has 2 aromatic carbocycles. The number of carboxylic acids is 1. The summed E-state index contributed by atoms with van der Waals surface area (Å²) in [7, 11) is 0. The lowest BCUT2D eigenvalue weighted by Crippen LogP contribution is -2.32. The van der Waals surface area contributed by atoms with Crippen LogP contribution < -0.4 is 10.6 Å². The molecule has 3 N–H and O–H groups in total. The zero-order valence-corrected chi connectivity index (χ0v) is 20.1. The van der Waals surface area contributed by atoms with Crippen molar-refractivity contribution in [2.75, 3.05) is 6.61 Å². The van der Waals surface area contributed by atoms with E-state index in [2.05, 4.69) is 39.9 Å². The minimum atomic E-state index is -0.850. The van der Waals surface area contributed by atoms with Crippen LogP contribution in [-0.4, -0.2) is 40.7 Å². The maximum Gasteiger partial charge on any atom is 0.407 e. The fourth-order valence-electron chi connectivity index (χ4n) is 4.22. The summed E-state index contributed by atoms with van der Waals surface area (Å²) in [5.41, 5.74) is 4.90. The molecule has 0 aliphatic heterocycles. The fourth-order valence-corrected chi connectivity index (χ4v) is 4.94. The number of alkyl carbamates (subject to hydrolysis) is 1. The standard InChI is InChI=1S/C26H27N3O5S/c1-16(7-6-12-24(30)31)28-25(32)22-15-35-23(29-22)13-27-26(33)34-14-21-19-10-4-2-8-17(19)18-9-3-5-11-20(18)21/h2-5,8-11,15-16,21H,6-7,12-14H2,1H3,(H,27,33)(H,28,32)(H,30,31). The molecule has 182 valence electrons. The first-order valence-electron chi connectivity index (χ1n) is 11.5. The molecule has 0 bridgehead atoms. The number of carboxylic acid groups (broad SMARTS) is 1. The Bertz CT molecular complexity index is 1180. The molecule has 4 rings (SSSR count). The SMILES string of the molecule is CC(CCCC(=O)O)NC(=O)c1csc(CNC(=O)OCC2c3ccccc3-c3ccccc32)n1. The molecule has 9 heteroatoms. The van der Waals surface area contributed by atoms with Crippen LogP contribution in [0.4, 0.5) is 4.79 Å². The predicted molar refractivity (Wildman–Crippen MR) is 132 cm³/mol. The largest absolute Gasteiger partial charge is 0.481 e. The lowest BCUT2D eigenvalue weighted by Gasteiger charge is -2.14. The van der Waals surface area contributed by atoms with Crippen LogP contribution in [0, 0.1) is 0 Å². The van der Waals surface area contributed by atoms with Crippen LogP contribution in [0.1, 0.15) is 58.7 Å². The van der Waals surface area contributed by atoms with Gasteiger partial charge in [0.25, 0.3) is 5.91 Å². The van der Waals surface area contributed by atoms with Crippen molar-refractivity contribution in [3.05, 3.63) is 75.7 Å². The third-order valence-corrected chi connectivity index (χ3v) is 6.77. The van der Waals surface area contributed by atoms with Gasteiger partial charge in [0, 0.05) is 23.8 Å². The fraction of sp³-hybridized carbons (Fsp3) is 0.308. The Labute approximate surface area is 207 Å². The quantitative estimate of drug-likeness (QED) is 0.381. The molecule has 2 amide bonds. The van der Waals surface area contributed by atoms with Crippen LogP contribution in [0.2, 0.25) is 0 Å². The molecule has 0 saturated carbocycles. The molecule has 35 heavy (non-hydrogen) atoms. The smallest absolute Gasteiger partial charge is 0.407 e. The third kappa shape index (κ3) is 6.05. The number of ether oxygens (including phenoxy) is 1. The molecule has 1 aliphatic carbocycles. The van der Waals surface area contributed by atoms with Crippen LogP contribution >= 0.6 is 11.3 Å². The number of hydrogen-bond donors (Lipinski definition) is 3. The van der Waals surface area contributed by atoms with Crippen molar-refractivity contribution in [3.8, 4) is 11.1 Å². The Morgan fingerprint density at radius 2 is 1.74 bits per heavy atom. The van der Waals surface area contributed by atoms with Crippen molar-refractivity contribution in [2.24, 2.45) is 0 Å². The minimum Gasteiger partial charge on any atom is -0.481 e. The van der Waals surface area contributed by atoms with Gasteiger partial charge in [0.15, 0.2) is 0 Å². The lowest BCUT2D eigenvalue weighted by atomic mass is 9.98. The maximum atomic E-state index is 12.4. The number of nitrogens with zero attached hydrogens (tertiary/aromatic N) is 1. The van der Waals surface area contributed by atoms with Crippen molar-refractivity contribution >= 4 is 29.3 Å². The average molecular weight is 494 g/mol. The predicted octanol–water partition coefficient (Wildman–Crippen LogP) is 4.56. The second kappa shape index (κ2) is 11.1. The normalized spacial score (nSPS) is 12.9. The first-order valence-corrected chi connectivity index (χ1v) is 12.4. The summed E-state index contributed by atoms with van der Waals surface area (Å²) in [5.74, 6) is -1.19. The van der Waals surface area contributed by atoms with Gasteiger partial charge in [-0.25, -0.2) is 9.78 Å². The van der Waals surface area contributed by atoms with Crippen molar-refractivity contribution in [3.63, 3.8) is 0 Å². The highest BCUT2D eigenvalue weighted by Gasteiger charge is 2.29. The number of amides is 2. The van der Waals surface area contributed by atoms with Gasteiger partial charge in [-0.05, 0) is 42.0 Å². The Morgan fingerprint density at radius 1 is 1.09 bits per heavy atom. The number of aliphatic carboxylic acids is 1. The molecular formula is C26H27N3O5S. The van der Waals surface area contributed by atoms with Gasteiger partial charge in [0.05, 0.1) is 6.54 Å². The number of carbonyl (C=O) groups excluding carboxylic acids is 2. The third-order valence-electron chi connectivity index (χ3n) is 5.92. The number of aromatic nitrogens is 1. The van der Waals surface area contributed by atoms with Gasteiger partial charge in [0.2, 0.25) is 0 Å². The van der Waals surface area contributed by atoms with E-state index in [4.69, 9.17) is 9.84 Å². The lowest BCUT2D eigenvalue weighted by molar-refractivity contribution is -0.137. The highest BCUT2D eigenvalue weighted by atomic mass is 32.1. The summed E-state index contributed by atoms with van der Waals surface area (Å²) < 4.78 is 5.53. The summed E-state index contributed by atoms with van der Waals surface area (Å²) in [6.07, 6.45) is 0.588. The average Bonchev–Trinajstić information content (AvgIpc) is 3.44. The topological polar surface area (TPSA) is 118 Å². The van der Waals surface area contributed by atoms with E-state index in [1.165, 1.54) is 22.5 Å². The number of carbonyl (C=O) groups is 3. The van der Waals surface area contributed by atoms with Gasteiger partial charge >= 0.3 is 12.1 Å². The van der Waals surface area contributed by atoms with E-state index >= 15 is 0 Å². The number of thiazole rings is 1. The number of fused-ring (bicyclic) bond motifs is 3. The number of nitrogens with one attached hydrogen (secondary N) is 2. The molecule has 1 atom stereocenters. The Hall–Kier alpha value is -3.72. The van der Waals surface area contributed by atoms with Crippen LogP contribution in [0.3, 0.4) is 0 Å². The highest BCUT2D eigenvalue weighted by molar-refractivity contribution is 7.09. The Morgan fingerprint density at radius 3 is 2.40 bits per heavy atom. The van der Waals surface area contributed by atoms with E-state index in [9.17, 15) is 14.4 Å². The van der Waals surface area contributed by atoms with Gasteiger partial charge < -0.3 is 20.5 Å². The molecule has 0 saturated heterocycles. The van der Waals surface area contributed by atoms with Crippen molar-refractivity contribution < 1.29 is 24.2 Å². The van der Waals surface area contributed by atoms with E-state index in [0.29, 0.717) is 17.8 Å². The zero-order chi connectivity index (χ0) is 24.8. The number of benzene rings is 2. The van der Waals surface area contributed by atoms with Gasteiger partial charge in [-0.1, -0.05) is 48.5 Å². The van der Waals surface area contributed by atoms with E-state index in [1.807, 2.05) is 31.2 Å². The first-order chi connectivity index (χ1) is 16.9. The summed E-state index contributed by atoms with van der Waals surface area (Å²) in [6, 6.07) is 16.1. The molecular weight excluding hydrogens is 466 g/mol. The molecule has 1 aromatic heterocycles. The van der Waals surface area contributed by atoms with E-state index in [0.717, 1.165) is 11.1 Å². The molecule has 0 spiro atoms. The molecule has 1 heterocycles. The van der Waals surface area contributed by atoms with Gasteiger partial charge in [-0.2, -0.15) is 0 Å². The molecule has 3 aromatic rings. The summed E-state index contributed by atoms with van der Waals surface area (Å²) in [6.45, 7) is 2.21. The molecule has 0 fully saturated rings. The van der Waals surface area contributed by atoms with Crippen molar-refractivity contribution in [1.29, 1.82) is 0 Å². The van der Waals surface area contributed by atoms with E-state index in [-0.39, 0.29) is 43.1 Å². The summed E-state index contributed by atoms with van der Waals surface area (Å²) >= 11 is 1.27. The molecule has 0 radical (unpaired) electrons. The van der Waals surface area contributed by atoms with Gasteiger partial charge in [-0.3, -0.25) is 9.59 Å². The van der Waals surface area contributed by atoms with E-state index < -0.39 is 12.1 Å². The van der Waals surface area contributed by atoms with Crippen LogP contribution in [0.25, 0.3) is 11.1 Å². The monoisotopic (exact) mass is 493 g/mol. The zero-order valence-electron chi connectivity index (χ0n) is 19.3. The second-order valence-electron chi connectivity index (χ2n) is 8.47. The van der Waals surface area contributed by atoms with Crippen molar-refractivity contribution in [1.82, 2.24) is 15.6 Å². The van der Waals surface area contributed by atoms with Gasteiger partial charge in [-0.15, -0.1) is 11.3 Å². The first kappa shape index (κ1) is 24.4. The van der Waals surface area contributed by atoms with Crippen LogP contribution in [0.15, 0.2) is 53.9 Å². The molecule has 1 unspecified atom stereocenters.